The molecule has 1 aliphatic carbocycles. The van der Waals surface area contributed by atoms with Gasteiger partial charge in [-0.1, -0.05) is 36.4 Å². The van der Waals surface area contributed by atoms with Gasteiger partial charge in [0.15, 0.2) is 0 Å². The van der Waals surface area contributed by atoms with Crippen molar-refractivity contribution in [2.75, 3.05) is 14.2 Å². The van der Waals surface area contributed by atoms with Crippen LogP contribution in [-0.4, -0.2) is 32.0 Å². The number of hydrogen-bond donors (Lipinski definition) is 0. The monoisotopic (exact) mass is 660 g/mol. The summed E-state index contributed by atoms with van der Waals surface area (Å²) in [5, 5.41) is 0. The summed E-state index contributed by atoms with van der Waals surface area (Å²) < 4.78 is 104. The van der Waals surface area contributed by atoms with Gasteiger partial charge in [-0.3, -0.25) is 0 Å². The van der Waals surface area contributed by atoms with E-state index >= 15 is 26.3 Å². The number of alkyl halides is 6. The van der Waals surface area contributed by atoms with Gasteiger partial charge in [0.2, 0.25) is 0 Å². The van der Waals surface area contributed by atoms with E-state index in [0.717, 1.165) is 33.8 Å². The molecule has 0 saturated carbocycles. The number of halogens is 6. The Hall–Kier alpha value is -3.76. The molecular formula is C35H30F6O2S2. The number of aryl methyl sites for hydroxylation is 2. The molecule has 2 aromatic carbocycles. The van der Waals surface area contributed by atoms with Gasteiger partial charge in [0.05, 0.1) is 14.2 Å². The largest absolute Gasteiger partial charge is 0.497 e. The van der Waals surface area contributed by atoms with E-state index in [9.17, 15) is 0 Å². The van der Waals surface area contributed by atoms with Crippen LogP contribution in [0.3, 0.4) is 0 Å². The first kappa shape index (κ1) is 32.6. The van der Waals surface area contributed by atoms with Crippen molar-refractivity contribution >= 4 is 58.1 Å². The van der Waals surface area contributed by atoms with Crippen LogP contribution in [0.15, 0.2) is 48.5 Å². The number of hydrogen-bond acceptors (Lipinski definition) is 4. The summed E-state index contributed by atoms with van der Waals surface area (Å²) >= 11 is 2.18. The molecule has 0 radical (unpaired) electrons. The maximum absolute atomic E-state index is 15.8. The molecule has 0 unspecified atom stereocenters. The third-order valence-electron chi connectivity index (χ3n) is 7.97. The summed E-state index contributed by atoms with van der Waals surface area (Å²) in [6, 6.07) is 14.2. The van der Waals surface area contributed by atoms with Gasteiger partial charge in [0.1, 0.15) is 11.5 Å². The SMILES string of the molecule is COc1ccc(C=Cc2sc(C)c(C3=C(c4c(C)sc(C=Cc5ccc(OC)cc5)c4C)C(F)(F)C(F)(F)C3(F)F)c2C)cc1. The number of allylic oxidation sites excluding steroid dienone is 2. The first-order valence-corrected chi connectivity index (χ1v) is 15.5. The van der Waals surface area contributed by atoms with Crippen molar-refractivity contribution < 1.29 is 35.8 Å². The molecule has 4 aromatic rings. The highest BCUT2D eigenvalue weighted by Gasteiger charge is 2.80. The van der Waals surface area contributed by atoms with Crippen LogP contribution in [0.5, 0.6) is 11.5 Å². The van der Waals surface area contributed by atoms with Crippen LogP contribution in [0.1, 0.15) is 52.9 Å². The Morgan fingerprint density at radius 3 is 1.18 bits per heavy atom. The molecule has 5 rings (SSSR count). The first-order valence-electron chi connectivity index (χ1n) is 13.9. The van der Waals surface area contributed by atoms with E-state index in [1.165, 1.54) is 41.9 Å². The van der Waals surface area contributed by atoms with Gasteiger partial charge in [-0.05, 0) is 86.4 Å². The zero-order valence-corrected chi connectivity index (χ0v) is 27.0. The van der Waals surface area contributed by atoms with E-state index in [-0.39, 0.29) is 32.0 Å². The zero-order valence-electron chi connectivity index (χ0n) is 25.3. The second-order valence-electron chi connectivity index (χ2n) is 10.7. The normalized spacial score (nSPS) is 17.2. The van der Waals surface area contributed by atoms with E-state index in [2.05, 4.69) is 0 Å². The number of rotatable bonds is 8. The molecule has 0 N–H and O–H groups in total. The van der Waals surface area contributed by atoms with Crippen LogP contribution in [0.2, 0.25) is 0 Å². The third kappa shape index (κ3) is 5.42. The summed E-state index contributed by atoms with van der Waals surface area (Å²) in [5.41, 5.74) is -1.15. The lowest BCUT2D eigenvalue weighted by Gasteiger charge is -2.26. The molecule has 236 valence electrons. The van der Waals surface area contributed by atoms with Crippen LogP contribution >= 0.6 is 22.7 Å². The average molecular weight is 661 g/mol. The van der Waals surface area contributed by atoms with E-state index in [1.54, 1.807) is 72.8 Å². The molecule has 2 heterocycles. The quantitative estimate of drug-likeness (QED) is 0.175. The summed E-state index contributed by atoms with van der Waals surface area (Å²) in [6.45, 7) is 5.98. The van der Waals surface area contributed by atoms with E-state index in [0.29, 0.717) is 21.3 Å². The molecule has 10 heteroatoms. The molecule has 0 spiro atoms. The number of benzene rings is 2. The standard InChI is InChI=1S/C35H30F6O2S2/c1-19-27(17-11-23-7-13-25(42-5)14-8-23)44-21(3)29(19)31-32(34(38,39)35(40,41)33(31,36)37)30-20(2)28(45-22(30)4)18-12-24-9-15-26(43-6)16-10-24/h7-18H,1-6H3. The highest BCUT2D eigenvalue weighted by Crippen LogP contribution is 2.66. The Bertz CT molecular complexity index is 1690. The average Bonchev–Trinajstić information content (AvgIpc) is 3.48. The molecule has 2 nitrogen and oxygen atoms in total. The molecule has 0 aliphatic heterocycles. The second kappa shape index (κ2) is 11.9. The van der Waals surface area contributed by atoms with E-state index < -0.39 is 28.9 Å². The Morgan fingerprint density at radius 1 is 0.533 bits per heavy atom. The molecule has 0 atom stereocenters. The second-order valence-corrected chi connectivity index (χ2v) is 13.2. The molecule has 0 fully saturated rings. The third-order valence-corrected chi connectivity index (χ3v) is 10.3. The van der Waals surface area contributed by atoms with Gasteiger partial charge in [0.25, 0.3) is 0 Å². The predicted octanol–water partition coefficient (Wildman–Crippen LogP) is 11.2. The Balaban J connectivity index is 1.66. The summed E-state index contributed by atoms with van der Waals surface area (Å²) in [4.78, 5) is 1.49. The minimum atomic E-state index is -5.63. The number of ether oxygens (including phenoxy) is 2. The lowest BCUT2D eigenvalue weighted by atomic mass is 9.90. The molecule has 1 aliphatic rings. The van der Waals surface area contributed by atoms with E-state index in [4.69, 9.17) is 9.47 Å². The van der Waals surface area contributed by atoms with Crippen molar-refractivity contribution in [3.63, 3.8) is 0 Å². The highest BCUT2D eigenvalue weighted by molar-refractivity contribution is 7.13. The van der Waals surface area contributed by atoms with Crippen LogP contribution in [0, 0.1) is 27.7 Å². The maximum atomic E-state index is 15.8. The predicted molar refractivity (Wildman–Crippen MR) is 173 cm³/mol. The van der Waals surface area contributed by atoms with Gasteiger partial charge in [0, 0.05) is 41.8 Å². The zero-order chi connectivity index (χ0) is 32.9. The molecular weight excluding hydrogens is 631 g/mol. The smallest absolute Gasteiger partial charge is 0.380 e. The van der Waals surface area contributed by atoms with Crippen molar-refractivity contribution in [2.24, 2.45) is 0 Å². The molecule has 45 heavy (non-hydrogen) atoms. The lowest BCUT2D eigenvalue weighted by molar-refractivity contribution is -0.254. The van der Waals surface area contributed by atoms with Crippen LogP contribution in [0.4, 0.5) is 26.3 Å². The fraction of sp³-hybridized carbons (Fsp3) is 0.257. The Kier molecular flexibility index (Phi) is 8.61. The Labute approximate surface area is 266 Å². The van der Waals surface area contributed by atoms with Gasteiger partial charge in [-0.2, -0.15) is 26.3 Å². The van der Waals surface area contributed by atoms with Crippen molar-refractivity contribution in [2.45, 2.75) is 45.5 Å². The summed E-state index contributed by atoms with van der Waals surface area (Å²) in [7, 11) is 3.08. The van der Waals surface area contributed by atoms with Crippen LogP contribution < -0.4 is 9.47 Å². The molecule has 0 amide bonds. The molecule has 0 saturated heterocycles. The van der Waals surface area contributed by atoms with Crippen LogP contribution in [0.25, 0.3) is 35.5 Å². The van der Waals surface area contributed by atoms with Gasteiger partial charge < -0.3 is 9.47 Å². The van der Waals surface area contributed by atoms with Gasteiger partial charge in [-0.25, -0.2) is 0 Å². The minimum Gasteiger partial charge on any atom is -0.497 e. The minimum absolute atomic E-state index is 0.230. The fourth-order valence-electron chi connectivity index (χ4n) is 5.57. The van der Waals surface area contributed by atoms with E-state index in [1.807, 2.05) is 0 Å². The lowest BCUT2D eigenvalue weighted by Crippen LogP contribution is -2.49. The maximum Gasteiger partial charge on any atom is 0.380 e. The number of methoxy groups -OCH3 is 2. The summed E-state index contributed by atoms with van der Waals surface area (Å²) in [5.74, 6) is -14.6. The first-order chi connectivity index (χ1) is 21.1. The van der Waals surface area contributed by atoms with Gasteiger partial charge >= 0.3 is 17.8 Å². The van der Waals surface area contributed by atoms with Crippen molar-refractivity contribution in [1.29, 1.82) is 0 Å². The number of thiophene rings is 2. The van der Waals surface area contributed by atoms with Crippen molar-refractivity contribution in [1.82, 2.24) is 0 Å². The highest BCUT2D eigenvalue weighted by atomic mass is 32.1. The fourth-order valence-corrected chi connectivity index (χ4v) is 7.72. The molecule has 0 bridgehead atoms. The van der Waals surface area contributed by atoms with Gasteiger partial charge in [-0.15, -0.1) is 22.7 Å². The Morgan fingerprint density at radius 2 is 0.867 bits per heavy atom. The topological polar surface area (TPSA) is 18.5 Å². The summed E-state index contributed by atoms with van der Waals surface area (Å²) in [6.07, 6.45) is 6.82. The van der Waals surface area contributed by atoms with Crippen molar-refractivity contribution in [3.05, 3.63) is 101 Å². The molecule has 2 aromatic heterocycles. The van der Waals surface area contributed by atoms with Crippen molar-refractivity contribution in [3.8, 4) is 11.5 Å². The van der Waals surface area contributed by atoms with Crippen LogP contribution in [-0.2, 0) is 0 Å².